The zero-order valence-electron chi connectivity index (χ0n) is 11.9. The number of rotatable bonds is 8. The number of ether oxygens (including phenoxy) is 2. The quantitative estimate of drug-likeness (QED) is 0.793. The lowest BCUT2D eigenvalue weighted by Crippen LogP contribution is -2.23. The third kappa shape index (κ3) is 4.32. The van der Waals surface area contributed by atoms with Crippen LogP contribution in [0, 0.1) is 0 Å². The molecule has 0 aliphatic rings. The lowest BCUT2D eigenvalue weighted by Gasteiger charge is -2.13. The van der Waals surface area contributed by atoms with Gasteiger partial charge in [-0.25, -0.2) is 0 Å². The summed E-state index contributed by atoms with van der Waals surface area (Å²) in [6.45, 7) is 2.37. The van der Waals surface area contributed by atoms with Crippen LogP contribution in [0.25, 0.3) is 0 Å². The summed E-state index contributed by atoms with van der Waals surface area (Å²) in [5.41, 5.74) is 1.14. The maximum absolute atomic E-state index is 5.60. The Kier molecular flexibility index (Phi) is 5.52. The second-order valence-electron chi connectivity index (χ2n) is 4.47. The highest BCUT2D eigenvalue weighted by molar-refractivity contribution is 5.26. The minimum Gasteiger partial charge on any atom is -0.383 e. The van der Waals surface area contributed by atoms with E-state index in [0.29, 0.717) is 25.8 Å². The zero-order chi connectivity index (χ0) is 14.2. The number of likely N-dealkylation sites (N-methyl/N-ethyl adjacent to an activating group) is 1. The summed E-state index contributed by atoms with van der Waals surface area (Å²) in [5, 5.41) is 7.03. The molecule has 0 atom stereocenters. The Morgan fingerprint density at radius 3 is 2.75 bits per heavy atom. The summed E-state index contributed by atoms with van der Waals surface area (Å²) in [7, 11) is 3.60. The Balaban J connectivity index is 1.78. The molecular weight excluding hydrogens is 256 g/mol. The molecule has 0 radical (unpaired) electrons. The highest BCUT2D eigenvalue weighted by atomic mass is 16.5. The molecule has 1 heterocycles. The smallest absolute Gasteiger partial charge is 0.244 e. The normalized spacial score (nSPS) is 10.7. The lowest BCUT2D eigenvalue weighted by atomic mass is 10.2. The number of nitrogens with one attached hydrogen (secondary N) is 1. The molecule has 0 bridgehead atoms. The first-order chi connectivity index (χ1) is 9.79. The van der Waals surface area contributed by atoms with Gasteiger partial charge in [0.25, 0.3) is 0 Å². The fourth-order valence-electron chi connectivity index (χ4n) is 1.69. The number of hydrogen-bond donors (Lipinski definition) is 1. The van der Waals surface area contributed by atoms with Gasteiger partial charge in [0.15, 0.2) is 5.82 Å². The van der Waals surface area contributed by atoms with Gasteiger partial charge in [-0.2, -0.15) is 4.98 Å². The molecule has 1 N–H and O–H groups in total. The maximum Gasteiger partial charge on any atom is 0.244 e. The van der Waals surface area contributed by atoms with Gasteiger partial charge >= 0.3 is 0 Å². The van der Waals surface area contributed by atoms with Gasteiger partial charge in [0.1, 0.15) is 6.61 Å². The van der Waals surface area contributed by atoms with Crippen molar-refractivity contribution < 1.29 is 9.47 Å². The standard InChI is InChI=1S/C14H20N4O2/c1-18(8-9-19-2)14-15-13(16-17-14)11-20-10-12-6-4-3-5-7-12/h3-7H,8-11H2,1-2H3,(H,15,16,17). The first-order valence-electron chi connectivity index (χ1n) is 6.52. The second-order valence-corrected chi connectivity index (χ2v) is 4.47. The largest absolute Gasteiger partial charge is 0.383 e. The van der Waals surface area contributed by atoms with E-state index in [1.165, 1.54) is 0 Å². The Bertz CT molecular complexity index is 501. The number of H-pyrrole nitrogens is 1. The van der Waals surface area contributed by atoms with Gasteiger partial charge in [-0.15, -0.1) is 5.10 Å². The van der Waals surface area contributed by atoms with E-state index in [1.807, 2.05) is 42.3 Å². The fourth-order valence-corrected chi connectivity index (χ4v) is 1.69. The number of aromatic amines is 1. The molecule has 0 aliphatic carbocycles. The van der Waals surface area contributed by atoms with E-state index in [0.717, 1.165) is 17.9 Å². The molecule has 0 saturated carbocycles. The average Bonchev–Trinajstić information content (AvgIpc) is 2.95. The van der Waals surface area contributed by atoms with E-state index in [2.05, 4.69) is 15.2 Å². The fraction of sp³-hybridized carbons (Fsp3) is 0.429. The molecule has 1 aromatic carbocycles. The van der Waals surface area contributed by atoms with E-state index >= 15 is 0 Å². The third-order valence-corrected chi connectivity index (χ3v) is 2.84. The Hall–Kier alpha value is -1.92. The van der Waals surface area contributed by atoms with Crippen LogP contribution in [-0.4, -0.2) is 42.5 Å². The van der Waals surface area contributed by atoms with Crippen LogP contribution in [-0.2, 0) is 22.7 Å². The summed E-state index contributed by atoms with van der Waals surface area (Å²) in [6.07, 6.45) is 0. The Morgan fingerprint density at radius 1 is 1.20 bits per heavy atom. The van der Waals surface area contributed by atoms with Gasteiger partial charge in [0, 0.05) is 20.7 Å². The van der Waals surface area contributed by atoms with Crippen molar-refractivity contribution in [1.29, 1.82) is 0 Å². The lowest BCUT2D eigenvalue weighted by molar-refractivity contribution is 0.102. The number of hydrogen-bond acceptors (Lipinski definition) is 5. The van der Waals surface area contributed by atoms with Crippen LogP contribution in [0.3, 0.4) is 0 Å². The minimum atomic E-state index is 0.417. The molecule has 0 spiro atoms. The van der Waals surface area contributed by atoms with Crippen LogP contribution in [0.15, 0.2) is 30.3 Å². The topological polar surface area (TPSA) is 63.3 Å². The summed E-state index contributed by atoms with van der Waals surface area (Å²) in [5.74, 6) is 1.38. The molecule has 0 fully saturated rings. The van der Waals surface area contributed by atoms with Crippen LogP contribution < -0.4 is 4.90 Å². The molecular formula is C14H20N4O2. The molecule has 0 unspecified atom stereocenters. The maximum atomic E-state index is 5.60. The number of nitrogens with zero attached hydrogens (tertiary/aromatic N) is 3. The Morgan fingerprint density at radius 2 is 2.00 bits per heavy atom. The summed E-state index contributed by atoms with van der Waals surface area (Å²) < 4.78 is 10.6. The molecule has 6 heteroatoms. The van der Waals surface area contributed by atoms with Gasteiger partial charge in [0.2, 0.25) is 5.95 Å². The van der Waals surface area contributed by atoms with Gasteiger partial charge < -0.3 is 14.4 Å². The van der Waals surface area contributed by atoms with Crippen molar-refractivity contribution >= 4 is 5.95 Å². The first kappa shape index (κ1) is 14.5. The van der Waals surface area contributed by atoms with E-state index in [1.54, 1.807) is 7.11 Å². The first-order valence-corrected chi connectivity index (χ1v) is 6.52. The van der Waals surface area contributed by atoms with Crippen LogP contribution in [0.4, 0.5) is 5.95 Å². The predicted molar refractivity (Wildman–Crippen MR) is 76.5 cm³/mol. The third-order valence-electron chi connectivity index (χ3n) is 2.84. The van der Waals surface area contributed by atoms with Crippen LogP contribution in [0.5, 0.6) is 0 Å². The van der Waals surface area contributed by atoms with Crippen LogP contribution >= 0.6 is 0 Å². The number of benzene rings is 1. The van der Waals surface area contributed by atoms with Crippen molar-refractivity contribution in [2.24, 2.45) is 0 Å². The number of anilines is 1. The molecule has 0 saturated heterocycles. The highest BCUT2D eigenvalue weighted by Crippen LogP contribution is 2.07. The van der Waals surface area contributed by atoms with E-state index in [-0.39, 0.29) is 0 Å². The molecule has 108 valence electrons. The van der Waals surface area contributed by atoms with Gasteiger partial charge in [-0.05, 0) is 5.56 Å². The van der Waals surface area contributed by atoms with Crippen molar-refractivity contribution in [3.8, 4) is 0 Å². The Labute approximate surface area is 118 Å². The van der Waals surface area contributed by atoms with Gasteiger partial charge in [-0.3, -0.25) is 5.10 Å². The van der Waals surface area contributed by atoms with Crippen molar-refractivity contribution in [3.63, 3.8) is 0 Å². The zero-order valence-corrected chi connectivity index (χ0v) is 11.9. The van der Waals surface area contributed by atoms with Crippen LogP contribution in [0.1, 0.15) is 11.4 Å². The van der Waals surface area contributed by atoms with Crippen LogP contribution in [0.2, 0.25) is 0 Å². The summed E-state index contributed by atoms with van der Waals surface area (Å²) in [6, 6.07) is 10.0. The predicted octanol–water partition coefficient (Wildman–Crippen LogP) is 1.60. The number of aromatic nitrogens is 3. The van der Waals surface area contributed by atoms with Crippen molar-refractivity contribution in [2.45, 2.75) is 13.2 Å². The molecule has 2 aromatic rings. The molecule has 0 aliphatic heterocycles. The molecule has 6 nitrogen and oxygen atoms in total. The van der Waals surface area contributed by atoms with E-state index in [4.69, 9.17) is 9.47 Å². The monoisotopic (exact) mass is 276 g/mol. The molecule has 2 rings (SSSR count). The van der Waals surface area contributed by atoms with Crippen molar-refractivity contribution in [1.82, 2.24) is 15.2 Å². The van der Waals surface area contributed by atoms with Crippen molar-refractivity contribution in [3.05, 3.63) is 41.7 Å². The van der Waals surface area contributed by atoms with Gasteiger partial charge in [-0.1, -0.05) is 30.3 Å². The second kappa shape index (κ2) is 7.62. The van der Waals surface area contributed by atoms with E-state index < -0.39 is 0 Å². The number of methoxy groups -OCH3 is 1. The minimum absolute atomic E-state index is 0.417. The van der Waals surface area contributed by atoms with Crippen molar-refractivity contribution in [2.75, 3.05) is 32.2 Å². The van der Waals surface area contributed by atoms with Gasteiger partial charge in [0.05, 0.1) is 13.2 Å². The average molecular weight is 276 g/mol. The summed E-state index contributed by atoms with van der Waals surface area (Å²) in [4.78, 5) is 6.30. The molecule has 0 amide bonds. The highest BCUT2D eigenvalue weighted by Gasteiger charge is 2.07. The summed E-state index contributed by atoms with van der Waals surface area (Å²) >= 11 is 0. The molecule has 20 heavy (non-hydrogen) atoms. The van der Waals surface area contributed by atoms with E-state index in [9.17, 15) is 0 Å². The molecule has 1 aromatic heterocycles. The SMILES string of the molecule is COCCN(C)c1n[nH]c(COCc2ccccc2)n1.